The van der Waals surface area contributed by atoms with Crippen molar-refractivity contribution in [3.63, 3.8) is 0 Å². The number of hydrogen-bond acceptors (Lipinski definition) is 5. The van der Waals surface area contributed by atoms with E-state index in [0.29, 0.717) is 16.6 Å². The highest BCUT2D eigenvalue weighted by Gasteiger charge is 2.23. The second-order valence-corrected chi connectivity index (χ2v) is 10.1. The molecule has 6 nitrogen and oxygen atoms in total. The lowest BCUT2D eigenvalue weighted by Gasteiger charge is -2.19. The molecule has 1 N–H and O–H groups in total. The van der Waals surface area contributed by atoms with E-state index < -0.39 is 10.0 Å². The lowest BCUT2D eigenvalue weighted by molar-refractivity contribution is 0.102. The number of benzene rings is 1. The molecule has 1 heterocycles. The van der Waals surface area contributed by atoms with E-state index in [9.17, 15) is 13.2 Å². The van der Waals surface area contributed by atoms with Gasteiger partial charge in [0.25, 0.3) is 5.91 Å². The van der Waals surface area contributed by atoms with E-state index in [4.69, 9.17) is 0 Å². The first-order valence-corrected chi connectivity index (χ1v) is 11.7. The molecule has 2 aromatic rings. The number of anilines is 1. The number of thiazole rings is 1. The lowest BCUT2D eigenvalue weighted by Crippen LogP contribution is -2.31. The zero-order valence-electron chi connectivity index (χ0n) is 16.4. The molecule has 1 aromatic carbocycles. The van der Waals surface area contributed by atoms with E-state index in [0.717, 1.165) is 25.0 Å². The van der Waals surface area contributed by atoms with Gasteiger partial charge >= 0.3 is 0 Å². The third-order valence-electron chi connectivity index (χ3n) is 4.83. The topological polar surface area (TPSA) is 79.4 Å². The monoisotopic (exact) mass is 431 g/mol. The number of aryl methyl sites for hydroxylation is 1. The number of amides is 1. The van der Waals surface area contributed by atoms with Crippen molar-refractivity contribution in [2.45, 2.75) is 31.1 Å². The number of fused-ring (bicyclic) bond motifs is 1. The van der Waals surface area contributed by atoms with Crippen molar-refractivity contribution in [3.05, 3.63) is 65.7 Å². The fourth-order valence-electron chi connectivity index (χ4n) is 3.25. The number of carbonyl (C=O) groups excluding carboxylic acids is 1. The lowest BCUT2D eigenvalue weighted by atomic mass is 9.93. The summed E-state index contributed by atoms with van der Waals surface area (Å²) in [5.74, 6) is 0.338. The molecule has 154 valence electrons. The van der Waals surface area contributed by atoms with Crippen molar-refractivity contribution < 1.29 is 13.2 Å². The molecule has 1 aliphatic rings. The second kappa shape index (κ2) is 9.02. The number of carbonyl (C=O) groups is 1. The highest BCUT2D eigenvalue weighted by Crippen LogP contribution is 2.32. The van der Waals surface area contributed by atoms with Crippen LogP contribution in [0, 0.1) is 5.92 Å². The molecule has 1 aromatic heterocycles. The Hall–Kier alpha value is -2.29. The summed E-state index contributed by atoms with van der Waals surface area (Å²) in [5, 5.41) is 3.43. The smallest absolute Gasteiger partial charge is 0.257 e. The van der Waals surface area contributed by atoms with Crippen molar-refractivity contribution in [1.82, 2.24) is 9.29 Å². The van der Waals surface area contributed by atoms with Crippen LogP contribution in [0.1, 0.15) is 34.3 Å². The largest absolute Gasteiger partial charge is 0.298 e. The summed E-state index contributed by atoms with van der Waals surface area (Å²) in [7, 11) is -3.69. The molecule has 1 aliphatic carbocycles. The van der Waals surface area contributed by atoms with Crippen LogP contribution in [0.15, 0.2) is 54.5 Å². The van der Waals surface area contributed by atoms with Crippen LogP contribution < -0.4 is 5.32 Å². The second-order valence-electron chi connectivity index (χ2n) is 7.11. The zero-order valence-corrected chi connectivity index (χ0v) is 18.1. The SMILES string of the molecule is C=CCN(CC=C)S(=O)(=O)c1ccc(C(=O)Nc2nc3c(s2)C[C@H](C)CC3)cc1. The Morgan fingerprint density at radius 3 is 2.55 bits per heavy atom. The number of nitrogens with one attached hydrogen (secondary N) is 1. The van der Waals surface area contributed by atoms with E-state index in [-0.39, 0.29) is 23.9 Å². The quantitative estimate of drug-likeness (QED) is 0.643. The fourth-order valence-corrected chi connectivity index (χ4v) is 5.80. The summed E-state index contributed by atoms with van der Waals surface area (Å²) in [5.41, 5.74) is 1.46. The van der Waals surface area contributed by atoms with Gasteiger partial charge in [0.1, 0.15) is 0 Å². The minimum Gasteiger partial charge on any atom is -0.298 e. The maximum Gasteiger partial charge on any atom is 0.257 e. The molecule has 3 rings (SSSR count). The maximum absolute atomic E-state index is 12.7. The van der Waals surface area contributed by atoms with Crippen LogP contribution in [0.4, 0.5) is 5.13 Å². The number of nitrogens with zero attached hydrogens (tertiary/aromatic N) is 2. The van der Waals surface area contributed by atoms with Crippen LogP contribution in [0.3, 0.4) is 0 Å². The van der Waals surface area contributed by atoms with Crippen LogP contribution in [0.5, 0.6) is 0 Å². The van der Waals surface area contributed by atoms with E-state index >= 15 is 0 Å². The van der Waals surface area contributed by atoms with Gasteiger partial charge < -0.3 is 0 Å². The first kappa shape index (κ1) is 21.4. The summed E-state index contributed by atoms with van der Waals surface area (Å²) in [6.45, 7) is 9.79. The third-order valence-corrected chi connectivity index (χ3v) is 7.71. The molecule has 0 aliphatic heterocycles. The highest BCUT2D eigenvalue weighted by atomic mass is 32.2. The molecule has 29 heavy (non-hydrogen) atoms. The van der Waals surface area contributed by atoms with Gasteiger partial charge in [0.15, 0.2) is 5.13 Å². The molecule has 0 radical (unpaired) electrons. The standard InChI is InChI=1S/C21H25N3O3S2/c1-4-12-24(13-5-2)29(26,27)17-9-7-16(8-10-17)20(25)23-21-22-18-11-6-15(3)14-19(18)28-21/h4-5,7-10,15H,1-2,6,11-14H2,3H3,(H,22,23,25)/t15-/m1/s1. The van der Waals surface area contributed by atoms with Crippen LogP contribution in [-0.4, -0.2) is 36.7 Å². The zero-order chi connectivity index (χ0) is 21.0. The number of rotatable bonds is 8. The molecule has 0 saturated heterocycles. The molecular weight excluding hydrogens is 406 g/mol. The Balaban J connectivity index is 1.73. The van der Waals surface area contributed by atoms with Gasteiger partial charge in [-0.2, -0.15) is 4.31 Å². The molecule has 1 atom stereocenters. The van der Waals surface area contributed by atoms with Crippen LogP contribution in [0.2, 0.25) is 0 Å². The van der Waals surface area contributed by atoms with Gasteiger partial charge in [-0.15, -0.1) is 24.5 Å². The predicted octanol–water partition coefficient (Wildman–Crippen LogP) is 3.88. The van der Waals surface area contributed by atoms with Gasteiger partial charge in [-0.25, -0.2) is 13.4 Å². The van der Waals surface area contributed by atoms with E-state index in [1.807, 2.05) is 0 Å². The van der Waals surface area contributed by atoms with Gasteiger partial charge in [-0.3, -0.25) is 10.1 Å². The predicted molar refractivity (Wildman–Crippen MR) is 117 cm³/mol. The molecule has 0 spiro atoms. The Morgan fingerprint density at radius 1 is 1.28 bits per heavy atom. The molecule has 0 fully saturated rings. The molecule has 1 amide bonds. The highest BCUT2D eigenvalue weighted by molar-refractivity contribution is 7.89. The normalized spacial score (nSPS) is 16.3. The minimum absolute atomic E-state index is 0.122. The Bertz CT molecular complexity index is 1000. The van der Waals surface area contributed by atoms with Gasteiger partial charge in [0.2, 0.25) is 10.0 Å². The summed E-state index contributed by atoms with van der Waals surface area (Å²) < 4.78 is 26.8. The average Bonchev–Trinajstić information content (AvgIpc) is 3.09. The Labute approximate surface area is 176 Å². The first-order valence-electron chi connectivity index (χ1n) is 9.47. The van der Waals surface area contributed by atoms with E-state index in [2.05, 4.69) is 30.4 Å². The first-order chi connectivity index (χ1) is 13.8. The Morgan fingerprint density at radius 2 is 1.93 bits per heavy atom. The van der Waals surface area contributed by atoms with E-state index in [1.54, 1.807) is 0 Å². The van der Waals surface area contributed by atoms with Crippen LogP contribution in [-0.2, 0) is 22.9 Å². The van der Waals surface area contributed by atoms with Gasteiger partial charge in [-0.05, 0) is 49.4 Å². The number of sulfonamides is 1. The van der Waals surface area contributed by atoms with Crippen molar-refractivity contribution in [3.8, 4) is 0 Å². The van der Waals surface area contributed by atoms with Gasteiger partial charge in [-0.1, -0.05) is 19.1 Å². The minimum atomic E-state index is -3.69. The molecular formula is C21H25N3O3S2. The van der Waals surface area contributed by atoms with Gasteiger partial charge in [0, 0.05) is 23.5 Å². The summed E-state index contributed by atoms with van der Waals surface area (Å²) in [4.78, 5) is 18.5. The summed E-state index contributed by atoms with van der Waals surface area (Å²) in [6, 6.07) is 5.91. The molecule has 8 heteroatoms. The van der Waals surface area contributed by atoms with Gasteiger partial charge in [0.05, 0.1) is 10.6 Å². The van der Waals surface area contributed by atoms with Crippen molar-refractivity contribution in [2.24, 2.45) is 5.92 Å². The van der Waals surface area contributed by atoms with Crippen LogP contribution in [0.25, 0.3) is 0 Å². The third kappa shape index (κ3) is 4.83. The van der Waals surface area contributed by atoms with E-state index in [1.165, 1.54) is 56.9 Å². The average molecular weight is 432 g/mol. The maximum atomic E-state index is 12.7. The fraction of sp³-hybridized carbons (Fsp3) is 0.333. The van der Waals surface area contributed by atoms with Crippen molar-refractivity contribution in [1.29, 1.82) is 0 Å². The summed E-state index contributed by atoms with van der Waals surface area (Å²) >= 11 is 1.52. The van der Waals surface area contributed by atoms with Crippen molar-refractivity contribution in [2.75, 3.05) is 18.4 Å². The van der Waals surface area contributed by atoms with Crippen molar-refractivity contribution >= 4 is 32.4 Å². The summed E-state index contributed by atoms with van der Waals surface area (Å²) in [6.07, 6.45) is 6.12. The van der Waals surface area contributed by atoms with Crippen LogP contribution >= 0.6 is 11.3 Å². The molecule has 0 saturated carbocycles. The molecule has 0 unspecified atom stereocenters. The number of hydrogen-bond donors (Lipinski definition) is 1. The molecule has 0 bridgehead atoms. The Kier molecular flexibility index (Phi) is 6.66. The number of aromatic nitrogens is 1.